The van der Waals surface area contributed by atoms with Gasteiger partial charge in [-0.05, 0) is 24.7 Å². The molecule has 0 aromatic heterocycles. The first kappa shape index (κ1) is 15.3. The van der Waals surface area contributed by atoms with Crippen LogP contribution in [-0.4, -0.2) is 62.5 Å². The van der Waals surface area contributed by atoms with Crippen LogP contribution in [0.2, 0.25) is 0 Å². The van der Waals surface area contributed by atoms with Crippen LogP contribution < -0.4 is 10.1 Å². The third-order valence-corrected chi connectivity index (χ3v) is 3.75. The molecule has 0 spiro atoms. The second-order valence-corrected chi connectivity index (χ2v) is 5.14. The summed E-state index contributed by atoms with van der Waals surface area (Å²) in [6.45, 7) is 0.767. The first-order valence-electron chi connectivity index (χ1n) is 6.88. The molecule has 1 N–H and O–H groups in total. The highest BCUT2D eigenvalue weighted by molar-refractivity contribution is 5.92. The van der Waals surface area contributed by atoms with Gasteiger partial charge in [0.05, 0.1) is 20.2 Å². The molecule has 21 heavy (non-hydrogen) atoms. The molecule has 1 aromatic rings. The zero-order valence-corrected chi connectivity index (χ0v) is 12.6. The van der Waals surface area contributed by atoms with Gasteiger partial charge in [0.1, 0.15) is 5.75 Å². The van der Waals surface area contributed by atoms with Crippen molar-refractivity contribution >= 4 is 11.8 Å². The van der Waals surface area contributed by atoms with Gasteiger partial charge in [-0.2, -0.15) is 0 Å². The van der Waals surface area contributed by atoms with Gasteiger partial charge in [0.2, 0.25) is 11.8 Å². The van der Waals surface area contributed by atoms with Crippen LogP contribution in [0.4, 0.5) is 0 Å². The lowest BCUT2D eigenvalue weighted by Gasteiger charge is -2.34. The Morgan fingerprint density at radius 1 is 1.19 bits per heavy atom. The molecule has 0 bridgehead atoms. The Hall–Kier alpha value is -2.08. The van der Waals surface area contributed by atoms with E-state index in [0.717, 1.165) is 11.3 Å². The van der Waals surface area contributed by atoms with Crippen molar-refractivity contribution in [3.05, 3.63) is 29.8 Å². The van der Waals surface area contributed by atoms with E-state index < -0.39 is 0 Å². The molecule has 1 aliphatic rings. The van der Waals surface area contributed by atoms with Crippen molar-refractivity contribution in [3.63, 3.8) is 0 Å². The second kappa shape index (κ2) is 6.58. The van der Waals surface area contributed by atoms with E-state index in [0.29, 0.717) is 6.54 Å². The van der Waals surface area contributed by atoms with E-state index in [1.807, 2.05) is 31.3 Å². The van der Waals surface area contributed by atoms with Gasteiger partial charge in [-0.1, -0.05) is 12.1 Å². The number of hydrogen-bond donors (Lipinski definition) is 1. The van der Waals surface area contributed by atoms with E-state index in [1.54, 1.807) is 19.1 Å². The maximum atomic E-state index is 12.0. The largest absolute Gasteiger partial charge is 0.497 e. The molecule has 6 nitrogen and oxygen atoms in total. The number of amides is 2. The third kappa shape index (κ3) is 3.52. The van der Waals surface area contributed by atoms with Gasteiger partial charge in [-0.15, -0.1) is 0 Å². The number of nitrogens with one attached hydrogen (secondary N) is 1. The molecule has 1 fully saturated rings. The first-order valence-corrected chi connectivity index (χ1v) is 6.88. The van der Waals surface area contributed by atoms with Crippen molar-refractivity contribution in [2.45, 2.75) is 6.04 Å². The smallest absolute Gasteiger partial charge is 0.242 e. The van der Waals surface area contributed by atoms with Gasteiger partial charge in [0.15, 0.2) is 0 Å². The summed E-state index contributed by atoms with van der Waals surface area (Å²) in [7, 11) is 5.12. The van der Waals surface area contributed by atoms with Gasteiger partial charge in [-0.3, -0.25) is 9.59 Å². The normalized spacial score (nSPS) is 17.1. The fraction of sp³-hybridized carbons (Fsp3) is 0.467. The van der Waals surface area contributed by atoms with Crippen LogP contribution in [0.5, 0.6) is 5.75 Å². The van der Waals surface area contributed by atoms with E-state index >= 15 is 0 Å². The average molecular weight is 291 g/mol. The predicted octanol–water partition coefficient (Wildman–Crippen LogP) is 0.256. The summed E-state index contributed by atoms with van der Waals surface area (Å²) in [4.78, 5) is 26.8. The number of ether oxygens (including phenoxy) is 1. The lowest BCUT2D eigenvalue weighted by atomic mass is 10.1. The fourth-order valence-corrected chi connectivity index (χ4v) is 2.35. The molecule has 2 amide bonds. The molecule has 1 saturated heterocycles. The van der Waals surface area contributed by atoms with Crippen LogP contribution >= 0.6 is 0 Å². The molecule has 0 aliphatic carbocycles. The van der Waals surface area contributed by atoms with Gasteiger partial charge in [-0.25, -0.2) is 0 Å². The molecule has 6 heteroatoms. The van der Waals surface area contributed by atoms with Crippen LogP contribution in [0.25, 0.3) is 0 Å². The van der Waals surface area contributed by atoms with Crippen LogP contribution in [0.1, 0.15) is 11.6 Å². The highest BCUT2D eigenvalue weighted by atomic mass is 16.5. The molecule has 1 aliphatic heterocycles. The van der Waals surface area contributed by atoms with Crippen molar-refractivity contribution in [3.8, 4) is 5.75 Å². The average Bonchev–Trinajstić information content (AvgIpc) is 2.50. The standard InChI is InChI=1S/C15H21N3O3/c1-16-13(11-4-6-12(21-3)7-5-11)8-18-10-14(19)17(2)9-15(18)20/h4-7,13,16H,8-10H2,1-3H3. The molecule has 114 valence electrons. The van der Waals surface area contributed by atoms with Crippen LogP contribution in [-0.2, 0) is 9.59 Å². The third-order valence-electron chi connectivity index (χ3n) is 3.75. The van der Waals surface area contributed by atoms with Crippen molar-refractivity contribution in [1.82, 2.24) is 15.1 Å². The quantitative estimate of drug-likeness (QED) is 0.845. The Morgan fingerprint density at radius 2 is 1.86 bits per heavy atom. The van der Waals surface area contributed by atoms with Crippen LogP contribution in [0.3, 0.4) is 0 Å². The molecule has 0 saturated carbocycles. The molecule has 1 heterocycles. The number of piperazine rings is 1. The number of carbonyl (C=O) groups excluding carboxylic acids is 2. The summed E-state index contributed by atoms with van der Waals surface area (Å²) in [5.41, 5.74) is 1.05. The van der Waals surface area contributed by atoms with E-state index in [4.69, 9.17) is 4.74 Å². The number of methoxy groups -OCH3 is 1. The fourth-order valence-electron chi connectivity index (χ4n) is 2.35. The SMILES string of the molecule is CNC(CN1CC(=O)N(C)CC1=O)c1ccc(OC)cc1. The van der Waals surface area contributed by atoms with Gasteiger partial charge in [0, 0.05) is 19.6 Å². The van der Waals surface area contributed by atoms with Crippen LogP contribution in [0, 0.1) is 0 Å². The maximum Gasteiger partial charge on any atom is 0.242 e. The molecule has 1 aromatic carbocycles. The number of hydrogen-bond acceptors (Lipinski definition) is 4. The first-order chi connectivity index (χ1) is 10.0. The maximum absolute atomic E-state index is 12.0. The molecule has 1 unspecified atom stereocenters. The minimum absolute atomic E-state index is 0.0175. The summed E-state index contributed by atoms with van der Waals surface area (Å²) in [5, 5.41) is 3.19. The molecular weight excluding hydrogens is 270 g/mol. The molecule has 0 radical (unpaired) electrons. The van der Waals surface area contributed by atoms with Gasteiger partial charge >= 0.3 is 0 Å². The highest BCUT2D eigenvalue weighted by Gasteiger charge is 2.29. The number of benzene rings is 1. The summed E-state index contributed by atoms with van der Waals surface area (Å²) >= 11 is 0. The summed E-state index contributed by atoms with van der Waals surface area (Å²) in [5.74, 6) is 0.740. The number of likely N-dealkylation sites (N-methyl/N-ethyl adjacent to an activating group) is 2. The predicted molar refractivity (Wildman–Crippen MR) is 79.0 cm³/mol. The number of rotatable bonds is 5. The molecule has 2 rings (SSSR count). The van der Waals surface area contributed by atoms with Crippen molar-refractivity contribution < 1.29 is 14.3 Å². The Bertz CT molecular complexity index is 515. The lowest BCUT2D eigenvalue weighted by molar-refractivity contribution is -0.149. The number of carbonyl (C=O) groups is 2. The zero-order chi connectivity index (χ0) is 15.4. The second-order valence-electron chi connectivity index (χ2n) is 5.14. The summed E-state index contributed by atoms with van der Waals surface area (Å²) in [6.07, 6.45) is 0. The van der Waals surface area contributed by atoms with Gasteiger partial charge in [0.25, 0.3) is 0 Å². The van der Waals surface area contributed by atoms with Crippen molar-refractivity contribution in [2.75, 3.05) is 40.8 Å². The lowest BCUT2D eigenvalue weighted by Crippen LogP contribution is -2.53. The zero-order valence-electron chi connectivity index (χ0n) is 12.6. The Balaban J connectivity index is 2.07. The Morgan fingerprint density at radius 3 is 2.43 bits per heavy atom. The minimum Gasteiger partial charge on any atom is -0.497 e. The number of nitrogens with zero attached hydrogens (tertiary/aromatic N) is 2. The van der Waals surface area contributed by atoms with E-state index in [9.17, 15) is 9.59 Å². The van der Waals surface area contributed by atoms with E-state index in [1.165, 1.54) is 4.90 Å². The Labute approximate surface area is 124 Å². The van der Waals surface area contributed by atoms with Gasteiger partial charge < -0.3 is 19.9 Å². The summed E-state index contributed by atoms with van der Waals surface area (Å²) < 4.78 is 5.14. The topological polar surface area (TPSA) is 61.9 Å². The molecular formula is C15H21N3O3. The monoisotopic (exact) mass is 291 g/mol. The summed E-state index contributed by atoms with van der Waals surface area (Å²) in [6, 6.07) is 7.67. The van der Waals surface area contributed by atoms with Crippen molar-refractivity contribution in [2.24, 2.45) is 0 Å². The van der Waals surface area contributed by atoms with Crippen molar-refractivity contribution in [1.29, 1.82) is 0 Å². The van der Waals surface area contributed by atoms with E-state index in [2.05, 4.69) is 5.32 Å². The minimum atomic E-state index is -0.0285. The highest BCUT2D eigenvalue weighted by Crippen LogP contribution is 2.19. The molecule has 1 atom stereocenters. The van der Waals surface area contributed by atoms with Crippen LogP contribution in [0.15, 0.2) is 24.3 Å². The Kier molecular flexibility index (Phi) is 4.80. The van der Waals surface area contributed by atoms with E-state index in [-0.39, 0.29) is 30.9 Å².